The molecule has 0 aliphatic heterocycles. The van der Waals surface area contributed by atoms with Crippen LogP contribution in [0.2, 0.25) is 5.02 Å². The molecule has 1 fully saturated rings. The molecule has 0 amide bonds. The molecule has 1 heterocycles. The second-order valence-electron chi connectivity index (χ2n) is 3.77. The first-order chi connectivity index (χ1) is 6.27. The molecule has 2 rings (SSSR count). The predicted molar refractivity (Wildman–Crippen MR) is 58.2 cm³/mol. The third kappa shape index (κ3) is 2.06. The average Bonchev–Trinajstić information content (AvgIpc) is 2.43. The monoisotopic (exact) mass is 215 g/mol. The summed E-state index contributed by atoms with van der Waals surface area (Å²) in [6, 6.07) is 2.10. The minimum atomic E-state index is 0.165. The Bertz CT molecular complexity index is 280. The molecule has 1 aliphatic rings. The Morgan fingerprint density at radius 3 is 2.85 bits per heavy atom. The van der Waals surface area contributed by atoms with Gasteiger partial charge in [-0.05, 0) is 23.8 Å². The summed E-state index contributed by atoms with van der Waals surface area (Å²) in [6.07, 6.45) is 5.21. The zero-order chi connectivity index (χ0) is 9.26. The Morgan fingerprint density at radius 1 is 1.62 bits per heavy atom. The molecule has 0 spiro atoms. The molecular weight excluding hydrogens is 202 g/mol. The number of nitrogens with two attached hydrogens (primary N) is 1. The summed E-state index contributed by atoms with van der Waals surface area (Å²) in [4.78, 5) is 1.16. The lowest BCUT2D eigenvalue weighted by molar-refractivity contribution is 0.278. The van der Waals surface area contributed by atoms with Gasteiger partial charge in [-0.25, -0.2) is 0 Å². The lowest BCUT2D eigenvalue weighted by atomic mass is 9.81. The third-order valence-electron chi connectivity index (χ3n) is 2.79. The van der Waals surface area contributed by atoms with Gasteiger partial charge in [0.05, 0.1) is 5.02 Å². The van der Waals surface area contributed by atoms with Crippen molar-refractivity contribution in [3.8, 4) is 0 Å². The number of hydrogen-bond acceptors (Lipinski definition) is 2. The maximum absolute atomic E-state index is 6.08. The van der Waals surface area contributed by atoms with Gasteiger partial charge >= 0.3 is 0 Å². The van der Waals surface area contributed by atoms with Crippen LogP contribution in [-0.2, 0) is 0 Å². The molecule has 1 saturated carbocycles. The van der Waals surface area contributed by atoms with Gasteiger partial charge in [0.25, 0.3) is 0 Å². The minimum absolute atomic E-state index is 0.165. The van der Waals surface area contributed by atoms with Crippen molar-refractivity contribution in [3.63, 3.8) is 0 Å². The largest absolute Gasteiger partial charge is 0.323 e. The molecule has 1 aromatic rings. The van der Waals surface area contributed by atoms with Gasteiger partial charge in [0, 0.05) is 10.9 Å². The summed E-state index contributed by atoms with van der Waals surface area (Å²) in [5.41, 5.74) is 6.08. The van der Waals surface area contributed by atoms with Gasteiger partial charge in [0.15, 0.2) is 0 Å². The highest BCUT2D eigenvalue weighted by Crippen LogP contribution is 2.37. The average molecular weight is 216 g/mol. The van der Waals surface area contributed by atoms with Crippen LogP contribution in [0.15, 0.2) is 11.4 Å². The normalized spacial score (nSPS) is 19.8. The second kappa shape index (κ2) is 3.99. The molecule has 1 aliphatic carbocycles. The van der Waals surface area contributed by atoms with E-state index in [1.54, 1.807) is 11.3 Å². The minimum Gasteiger partial charge on any atom is -0.323 e. The van der Waals surface area contributed by atoms with Gasteiger partial charge in [-0.2, -0.15) is 0 Å². The Balaban J connectivity index is 1.96. The zero-order valence-corrected chi connectivity index (χ0v) is 9.07. The maximum atomic E-state index is 6.08. The molecule has 0 aromatic carbocycles. The number of hydrogen-bond donors (Lipinski definition) is 1. The highest BCUT2D eigenvalue weighted by molar-refractivity contribution is 7.10. The van der Waals surface area contributed by atoms with Gasteiger partial charge < -0.3 is 5.73 Å². The molecule has 3 heteroatoms. The Morgan fingerprint density at radius 2 is 2.38 bits per heavy atom. The highest BCUT2D eigenvalue weighted by Gasteiger charge is 2.22. The molecule has 2 N–H and O–H groups in total. The highest BCUT2D eigenvalue weighted by atomic mass is 35.5. The van der Waals surface area contributed by atoms with E-state index in [0.29, 0.717) is 0 Å². The van der Waals surface area contributed by atoms with Crippen molar-refractivity contribution in [1.29, 1.82) is 0 Å². The number of thiophene rings is 1. The Hall–Kier alpha value is -0.0500. The quantitative estimate of drug-likeness (QED) is 0.820. The lowest BCUT2D eigenvalue weighted by Crippen LogP contribution is -2.19. The van der Waals surface area contributed by atoms with Gasteiger partial charge in [0.2, 0.25) is 0 Å². The smallest absolute Gasteiger partial charge is 0.0561 e. The van der Waals surface area contributed by atoms with Crippen molar-refractivity contribution in [2.75, 3.05) is 0 Å². The van der Waals surface area contributed by atoms with Gasteiger partial charge in [0.1, 0.15) is 0 Å². The topological polar surface area (TPSA) is 26.0 Å². The van der Waals surface area contributed by atoms with E-state index in [4.69, 9.17) is 17.3 Å². The van der Waals surface area contributed by atoms with Crippen molar-refractivity contribution in [2.45, 2.75) is 31.7 Å². The van der Waals surface area contributed by atoms with Crippen molar-refractivity contribution in [3.05, 3.63) is 21.3 Å². The van der Waals surface area contributed by atoms with Crippen LogP contribution in [0.25, 0.3) is 0 Å². The fraction of sp³-hybridized carbons (Fsp3) is 0.600. The molecule has 13 heavy (non-hydrogen) atoms. The van der Waals surface area contributed by atoms with Crippen LogP contribution < -0.4 is 5.73 Å². The number of rotatable bonds is 3. The van der Waals surface area contributed by atoms with Crippen molar-refractivity contribution in [2.24, 2.45) is 11.7 Å². The van der Waals surface area contributed by atoms with Crippen LogP contribution in [0, 0.1) is 5.92 Å². The van der Waals surface area contributed by atoms with Crippen molar-refractivity contribution >= 4 is 22.9 Å². The summed E-state index contributed by atoms with van der Waals surface area (Å²) in [5.74, 6) is 0.855. The van der Waals surface area contributed by atoms with Crippen molar-refractivity contribution < 1.29 is 0 Å². The first-order valence-electron chi connectivity index (χ1n) is 4.76. The molecule has 1 atom stereocenters. The molecule has 1 nitrogen and oxygen atoms in total. The standard InChI is InChI=1S/C10H14ClNS/c11-8-4-5-13-10(8)9(12)6-7-2-1-3-7/h4-5,7,9H,1-3,6,12H2. The molecule has 0 radical (unpaired) electrons. The molecular formula is C10H14ClNS. The Kier molecular flexibility index (Phi) is 2.92. The fourth-order valence-electron chi connectivity index (χ4n) is 1.76. The second-order valence-corrected chi connectivity index (χ2v) is 5.13. The molecule has 1 aromatic heterocycles. The summed E-state index contributed by atoms with van der Waals surface area (Å²) in [5, 5.41) is 2.86. The molecule has 1 unspecified atom stereocenters. The Labute approximate surface area is 87.9 Å². The van der Waals surface area contributed by atoms with E-state index in [1.165, 1.54) is 19.3 Å². The summed E-state index contributed by atoms with van der Waals surface area (Å²) in [7, 11) is 0. The van der Waals surface area contributed by atoms with E-state index >= 15 is 0 Å². The van der Waals surface area contributed by atoms with Crippen LogP contribution in [0.4, 0.5) is 0 Å². The molecule has 0 saturated heterocycles. The van der Waals surface area contributed by atoms with Crippen LogP contribution in [0.5, 0.6) is 0 Å². The van der Waals surface area contributed by atoms with E-state index in [2.05, 4.69) is 0 Å². The summed E-state index contributed by atoms with van der Waals surface area (Å²) < 4.78 is 0. The van der Waals surface area contributed by atoms with Crippen LogP contribution in [0.1, 0.15) is 36.6 Å². The molecule has 0 bridgehead atoms. The third-order valence-corrected chi connectivity index (χ3v) is 4.28. The first kappa shape index (κ1) is 9.50. The van der Waals surface area contributed by atoms with Crippen LogP contribution in [-0.4, -0.2) is 0 Å². The summed E-state index contributed by atoms with van der Waals surface area (Å²) >= 11 is 7.69. The van der Waals surface area contributed by atoms with E-state index in [0.717, 1.165) is 22.2 Å². The predicted octanol–water partition coefficient (Wildman–Crippen LogP) is 3.59. The lowest BCUT2D eigenvalue weighted by Gasteiger charge is -2.27. The van der Waals surface area contributed by atoms with Gasteiger partial charge in [-0.3, -0.25) is 0 Å². The zero-order valence-electron chi connectivity index (χ0n) is 7.50. The fourth-order valence-corrected chi connectivity index (χ4v) is 2.98. The summed E-state index contributed by atoms with van der Waals surface area (Å²) in [6.45, 7) is 0. The van der Waals surface area contributed by atoms with E-state index < -0.39 is 0 Å². The van der Waals surface area contributed by atoms with Crippen LogP contribution >= 0.6 is 22.9 Å². The van der Waals surface area contributed by atoms with Gasteiger partial charge in [-0.15, -0.1) is 11.3 Å². The SMILES string of the molecule is NC(CC1CCC1)c1sccc1Cl. The van der Waals surface area contributed by atoms with E-state index in [9.17, 15) is 0 Å². The maximum Gasteiger partial charge on any atom is 0.0561 e. The van der Waals surface area contributed by atoms with E-state index in [1.807, 2.05) is 11.4 Å². The van der Waals surface area contributed by atoms with Crippen LogP contribution in [0.3, 0.4) is 0 Å². The van der Waals surface area contributed by atoms with Gasteiger partial charge in [-0.1, -0.05) is 30.9 Å². The molecule has 72 valence electrons. The number of halogens is 1. The first-order valence-corrected chi connectivity index (χ1v) is 6.01. The van der Waals surface area contributed by atoms with E-state index in [-0.39, 0.29) is 6.04 Å². The van der Waals surface area contributed by atoms with Crippen molar-refractivity contribution in [1.82, 2.24) is 0 Å².